The van der Waals surface area contributed by atoms with Gasteiger partial charge in [-0.1, -0.05) is 18.2 Å². The minimum Gasteiger partial charge on any atom is -0.382 e. The van der Waals surface area contributed by atoms with Gasteiger partial charge >= 0.3 is 0 Å². The first-order chi connectivity index (χ1) is 17.9. The Hall–Kier alpha value is -3.12. The lowest BCUT2D eigenvalue weighted by molar-refractivity contribution is -0.136. The Labute approximate surface area is 217 Å². The van der Waals surface area contributed by atoms with Crippen LogP contribution in [0.15, 0.2) is 30.4 Å². The molecule has 2 aliphatic rings. The molecule has 0 aromatic heterocycles. The van der Waals surface area contributed by atoms with E-state index in [2.05, 4.69) is 21.6 Å². The molecule has 0 spiro atoms. The van der Waals surface area contributed by atoms with E-state index >= 15 is 0 Å². The fourth-order valence-corrected chi connectivity index (χ4v) is 4.06. The molecule has 0 aliphatic carbocycles. The number of likely N-dealkylation sites (N-methyl/N-ethyl adjacent to an activating group) is 1. The van der Waals surface area contributed by atoms with Crippen LogP contribution in [0.5, 0.6) is 0 Å². The summed E-state index contributed by atoms with van der Waals surface area (Å²) in [6, 6.07) is 3.96. The maximum absolute atomic E-state index is 13.1. The van der Waals surface area contributed by atoms with Crippen LogP contribution in [0.2, 0.25) is 0 Å². The molecule has 2 N–H and O–H groups in total. The van der Waals surface area contributed by atoms with Crippen LogP contribution in [0.25, 0.3) is 0 Å². The number of hydrogen-bond acceptors (Lipinski definition) is 9. The quantitative estimate of drug-likeness (QED) is 0.188. The molecule has 3 rings (SSSR count). The number of carbonyl (C=O) groups excluding carboxylic acids is 4. The van der Waals surface area contributed by atoms with Crippen LogP contribution >= 0.6 is 0 Å². The average Bonchev–Trinajstić information content (AvgIpc) is 3.13. The SMILES string of the molecule is C/C=C/CN(C)CCOCCOCCOCCNc1cccc2c1C(=O)N(C1CCC(=O)NC1=O)C2=O. The predicted molar refractivity (Wildman–Crippen MR) is 136 cm³/mol. The van der Waals surface area contributed by atoms with Crippen LogP contribution in [0.4, 0.5) is 5.69 Å². The minimum atomic E-state index is -0.990. The zero-order valence-corrected chi connectivity index (χ0v) is 21.5. The summed E-state index contributed by atoms with van der Waals surface area (Å²) in [5, 5.41) is 5.33. The third-order valence-corrected chi connectivity index (χ3v) is 6.04. The number of carbonyl (C=O) groups is 4. The number of anilines is 1. The molecular weight excluding hydrogens is 480 g/mol. The number of rotatable bonds is 16. The normalized spacial score (nSPS) is 17.7. The van der Waals surface area contributed by atoms with Crippen LogP contribution in [-0.4, -0.2) is 106 Å². The lowest BCUT2D eigenvalue weighted by Crippen LogP contribution is -2.54. The molecule has 1 atom stereocenters. The van der Waals surface area contributed by atoms with Gasteiger partial charge in [0.1, 0.15) is 6.04 Å². The van der Waals surface area contributed by atoms with Gasteiger partial charge in [0.05, 0.1) is 50.8 Å². The van der Waals surface area contributed by atoms with Crippen LogP contribution in [0.1, 0.15) is 40.5 Å². The van der Waals surface area contributed by atoms with E-state index < -0.39 is 29.7 Å². The van der Waals surface area contributed by atoms with Gasteiger partial charge in [-0.3, -0.25) is 29.4 Å². The number of hydrogen-bond donors (Lipinski definition) is 2. The number of nitrogens with zero attached hydrogens (tertiary/aromatic N) is 2. The lowest BCUT2D eigenvalue weighted by Gasteiger charge is -2.27. The van der Waals surface area contributed by atoms with Gasteiger partial charge in [-0.2, -0.15) is 0 Å². The van der Waals surface area contributed by atoms with E-state index in [9.17, 15) is 19.2 Å². The molecule has 202 valence electrons. The first-order valence-electron chi connectivity index (χ1n) is 12.6. The van der Waals surface area contributed by atoms with Gasteiger partial charge in [-0.25, -0.2) is 0 Å². The zero-order chi connectivity index (χ0) is 26.6. The van der Waals surface area contributed by atoms with E-state index in [1.165, 1.54) is 0 Å². The Morgan fingerprint density at radius 3 is 2.43 bits per heavy atom. The summed E-state index contributed by atoms with van der Waals surface area (Å²) in [5.41, 5.74) is 0.966. The Morgan fingerprint density at radius 2 is 1.73 bits per heavy atom. The molecular formula is C26H36N4O7. The summed E-state index contributed by atoms with van der Waals surface area (Å²) >= 11 is 0. The third-order valence-electron chi connectivity index (χ3n) is 6.04. The first-order valence-corrected chi connectivity index (χ1v) is 12.6. The fraction of sp³-hybridized carbons (Fsp3) is 0.538. The lowest BCUT2D eigenvalue weighted by atomic mass is 10.0. The standard InChI is InChI=1S/C26H36N4O7/c1-3-4-11-29(2)12-14-36-16-18-37-17-15-35-13-10-27-20-7-5-6-19-23(20)26(34)30(25(19)33)21-8-9-22(31)28-24(21)32/h3-7,21,27H,8-18H2,1-2H3,(H,28,31,32)/b4-3+. The minimum absolute atomic E-state index is 0.0811. The molecule has 4 amide bonds. The van der Waals surface area contributed by atoms with Gasteiger partial charge in [0.2, 0.25) is 11.8 Å². The molecule has 0 radical (unpaired) electrons. The number of ether oxygens (including phenoxy) is 3. The predicted octanol–water partition coefficient (Wildman–Crippen LogP) is 1.06. The van der Waals surface area contributed by atoms with Gasteiger partial charge < -0.3 is 24.4 Å². The average molecular weight is 517 g/mol. The number of amides is 4. The topological polar surface area (TPSA) is 127 Å². The monoisotopic (exact) mass is 516 g/mol. The van der Waals surface area contributed by atoms with Crippen molar-refractivity contribution in [3.63, 3.8) is 0 Å². The maximum atomic E-state index is 13.1. The summed E-state index contributed by atoms with van der Waals surface area (Å²) in [7, 11) is 2.05. The molecule has 1 aromatic rings. The summed E-state index contributed by atoms with van der Waals surface area (Å²) in [6.45, 7) is 7.10. The van der Waals surface area contributed by atoms with E-state index in [0.717, 1.165) is 18.0 Å². The Bertz CT molecular complexity index is 997. The van der Waals surface area contributed by atoms with Crippen molar-refractivity contribution in [1.29, 1.82) is 0 Å². The van der Waals surface area contributed by atoms with E-state index in [0.29, 0.717) is 51.9 Å². The van der Waals surface area contributed by atoms with Crippen molar-refractivity contribution < 1.29 is 33.4 Å². The van der Waals surface area contributed by atoms with Crippen molar-refractivity contribution >= 4 is 29.3 Å². The van der Waals surface area contributed by atoms with Crippen molar-refractivity contribution in [2.24, 2.45) is 0 Å². The number of nitrogens with one attached hydrogen (secondary N) is 2. The molecule has 0 saturated carbocycles. The van der Waals surface area contributed by atoms with Crippen LogP contribution in [0.3, 0.4) is 0 Å². The second-order valence-electron chi connectivity index (χ2n) is 8.77. The Balaban J connectivity index is 1.32. The third kappa shape index (κ3) is 7.93. The number of imide groups is 2. The molecule has 1 fully saturated rings. The fourth-order valence-electron chi connectivity index (χ4n) is 4.06. The molecule has 2 aliphatic heterocycles. The number of allylic oxidation sites excluding steroid dienone is 1. The van der Waals surface area contributed by atoms with E-state index in [4.69, 9.17) is 14.2 Å². The molecule has 1 saturated heterocycles. The number of fused-ring (bicyclic) bond motifs is 1. The molecule has 1 unspecified atom stereocenters. The largest absolute Gasteiger partial charge is 0.382 e. The van der Waals surface area contributed by atoms with Crippen molar-refractivity contribution in [2.45, 2.75) is 25.8 Å². The summed E-state index contributed by atoms with van der Waals surface area (Å²) in [5.74, 6) is -2.11. The highest BCUT2D eigenvalue weighted by Gasteiger charge is 2.45. The number of benzene rings is 1. The molecule has 11 nitrogen and oxygen atoms in total. The second kappa shape index (κ2) is 14.6. The van der Waals surface area contributed by atoms with Gasteiger partial charge in [0, 0.05) is 31.7 Å². The van der Waals surface area contributed by atoms with Gasteiger partial charge in [-0.05, 0) is 32.5 Å². The van der Waals surface area contributed by atoms with Crippen molar-refractivity contribution in [2.75, 3.05) is 71.6 Å². The highest BCUT2D eigenvalue weighted by Crippen LogP contribution is 2.32. The van der Waals surface area contributed by atoms with Crippen molar-refractivity contribution in [3.8, 4) is 0 Å². The maximum Gasteiger partial charge on any atom is 0.264 e. The Kier molecular flexibility index (Phi) is 11.2. The smallest absolute Gasteiger partial charge is 0.264 e. The van der Waals surface area contributed by atoms with Crippen LogP contribution < -0.4 is 10.6 Å². The zero-order valence-electron chi connectivity index (χ0n) is 21.5. The van der Waals surface area contributed by atoms with Gasteiger partial charge in [-0.15, -0.1) is 0 Å². The van der Waals surface area contributed by atoms with E-state index in [-0.39, 0.29) is 24.0 Å². The Morgan fingerprint density at radius 1 is 1.03 bits per heavy atom. The molecule has 2 heterocycles. The molecule has 11 heteroatoms. The summed E-state index contributed by atoms with van der Waals surface area (Å²) in [4.78, 5) is 52.7. The first kappa shape index (κ1) is 28.5. The van der Waals surface area contributed by atoms with E-state index in [1.54, 1.807) is 18.2 Å². The molecule has 1 aromatic carbocycles. The molecule has 0 bridgehead atoms. The highest BCUT2D eigenvalue weighted by atomic mass is 16.5. The highest BCUT2D eigenvalue weighted by molar-refractivity contribution is 6.25. The van der Waals surface area contributed by atoms with Gasteiger partial charge in [0.15, 0.2) is 0 Å². The van der Waals surface area contributed by atoms with Crippen LogP contribution in [-0.2, 0) is 23.8 Å². The second-order valence-corrected chi connectivity index (χ2v) is 8.77. The van der Waals surface area contributed by atoms with Crippen molar-refractivity contribution in [3.05, 3.63) is 41.5 Å². The van der Waals surface area contributed by atoms with Gasteiger partial charge in [0.25, 0.3) is 11.8 Å². The molecule has 37 heavy (non-hydrogen) atoms. The van der Waals surface area contributed by atoms with Crippen molar-refractivity contribution in [1.82, 2.24) is 15.1 Å². The van der Waals surface area contributed by atoms with Crippen LogP contribution in [0, 0.1) is 0 Å². The van der Waals surface area contributed by atoms with E-state index in [1.807, 2.05) is 20.0 Å². The number of piperidine rings is 1. The summed E-state index contributed by atoms with van der Waals surface area (Å²) in [6.07, 6.45) is 4.33. The summed E-state index contributed by atoms with van der Waals surface area (Å²) < 4.78 is 16.6.